The second kappa shape index (κ2) is 4.40. The van der Waals surface area contributed by atoms with Crippen molar-refractivity contribution in [3.05, 3.63) is 22.9 Å². The Balaban J connectivity index is 3.37. The number of nitrogens with two attached hydrogens (primary N) is 1. The zero-order valence-corrected chi connectivity index (χ0v) is 8.41. The normalized spacial score (nSPS) is 12.2. The molecule has 0 atom stereocenters. The van der Waals surface area contributed by atoms with Gasteiger partial charge in [-0.1, -0.05) is 0 Å². The van der Waals surface area contributed by atoms with E-state index in [2.05, 4.69) is 4.98 Å². The maximum atomic E-state index is 12.4. The molecule has 0 fully saturated rings. The Hall–Kier alpha value is -1.11. The Kier molecular flexibility index (Phi) is 3.57. The smallest absolute Gasteiger partial charge is 0.383 e. The standard InChI is InChI=1S/C8H6ClF5N2/c9-2-3-1-4(8(12,13)14)7(15)16-5(3)6(10)11/h1,6H,2H2,(H2,15,16). The first-order chi connectivity index (χ1) is 7.27. The number of pyridine rings is 1. The van der Waals surface area contributed by atoms with Crippen LogP contribution in [-0.4, -0.2) is 4.98 Å². The lowest BCUT2D eigenvalue weighted by Gasteiger charge is -2.13. The van der Waals surface area contributed by atoms with Gasteiger partial charge in [-0.05, 0) is 11.6 Å². The third-order valence-corrected chi connectivity index (χ3v) is 2.11. The Morgan fingerprint density at radius 2 is 1.94 bits per heavy atom. The summed E-state index contributed by atoms with van der Waals surface area (Å²) < 4.78 is 61.8. The molecule has 1 heterocycles. The number of hydrogen-bond acceptors (Lipinski definition) is 2. The number of rotatable bonds is 2. The van der Waals surface area contributed by atoms with Gasteiger partial charge >= 0.3 is 6.18 Å². The van der Waals surface area contributed by atoms with Crippen LogP contribution >= 0.6 is 11.6 Å². The summed E-state index contributed by atoms with van der Waals surface area (Å²) >= 11 is 5.27. The number of aromatic nitrogens is 1. The van der Waals surface area contributed by atoms with Crippen molar-refractivity contribution >= 4 is 17.4 Å². The molecule has 0 bridgehead atoms. The molecule has 0 saturated carbocycles. The summed E-state index contributed by atoms with van der Waals surface area (Å²) in [4.78, 5) is 3.03. The minimum absolute atomic E-state index is 0.377. The highest BCUT2D eigenvalue weighted by molar-refractivity contribution is 6.17. The van der Waals surface area contributed by atoms with Gasteiger partial charge in [-0.25, -0.2) is 13.8 Å². The van der Waals surface area contributed by atoms with Gasteiger partial charge in [0.15, 0.2) is 0 Å². The quantitative estimate of drug-likeness (QED) is 0.654. The summed E-state index contributed by atoms with van der Waals surface area (Å²) in [6, 6.07) is 0.497. The van der Waals surface area contributed by atoms with Crippen molar-refractivity contribution in [3.8, 4) is 0 Å². The maximum Gasteiger partial charge on any atom is 0.419 e. The van der Waals surface area contributed by atoms with E-state index in [1.165, 1.54) is 0 Å². The van der Waals surface area contributed by atoms with Crippen LogP contribution in [0, 0.1) is 0 Å². The van der Waals surface area contributed by atoms with E-state index in [0.717, 1.165) is 0 Å². The van der Waals surface area contributed by atoms with Gasteiger partial charge in [0, 0.05) is 5.88 Å². The molecule has 0 saturated heterocycles. The van der Waals surface area contributed by atoms with E-state index in [1.54, 1.807) is 0 Å². The molecule has 0 unspecified atom stereocenters. The molecule has 0 spiro atoms. The van der Waals surface area contributed by atoms with Crippen LogP contribution < -0.4 is 5.73 Å². The van der Waals surface area contributed by atoms with E-state index in [9.17, 15) is 22.0 Å². The molecular formula is C8H6ClF5N2. The van der Waals surface area contributed by atoms with Crippen LogP contribution in [-0.2, 0) is 12.1 Å². The molecule has 0 amide bonds. The number of hydrogen-bond donors (Lipinski definition) is 1. The van der Waals surface area contributed by atoms with Gasteiger partial charge in [-0.3, -0.25) is 0 Å². The van der Waals surface area contributed by atoms with E-state index < -0.39 is 35.6 Å². The third-order valence-electron chi connectivity index (χ3n) is 1.82. The van der Waals surface area contributed by atoms with Crippen LogP contribution in [0.3, 0.4) is 0 Å². The molecule has 1 rings (SSSR count). The molecule has 1 aromatic rings. The number of nitrogen functional groups attached to an aromatic ring is 1. The minimum atomic E-state index is -4.74. The monoisotopic (exact) mass is 260 g/mol. The minimum Gasteiger partial charge on any atom is -0.383 e. The van der Waals surface area contributed by atoms with Crippen LogP contribution in [0.2, 0.25) is 0 Å². The van der Waals surface area contributed by atoms with Crippen LogP contribution in [0.5, 0.6) is 0 Å². The van der Waals surface area contributed by atoms with Gasteiger partial charge in [-0.15, -0.1) is 11.6 Å². The molecule has 0 radical (unpaired) electrons. The second-order valence-corrected chi connectivity index (χ2v) is 3.16. The van der Waals surface area contributed by atoms with Crippen molar-refractivity contribution < 1.29 is 22.0 Å². The van der Waals surface area contributed by atoms with Gasteiger partial charge < -0.3 is 5.73 Å². The molecule has 1 aromatic heterocycles. The van der Waals surface area contributed by atoms with Crippen molar-refractivity contribution in [2.75, 3.05) is 5.73 Å². The van der Waals surface area contributed by atoms with E-state index in [0.29, 0.717) is 6.07 Å². The SMILES string of the molecule is Nc1nc(C(F)F)c(CCl)cc1C(F)(F)F. The van der Waals surface area contributed by atoms with Crippen molar-refractivity contribution in [1.29, 1.82) is 0 Å². The Morgan fingerprint density at radius 1 is 1.38 bits per heavy atom. The summed E-state index contributed by atoms with van der Waals surface area (Å²) in [6.45, 7) is 0. The van der Waals surface area contributed by atoms with Gasteiger partial charge in [0.25, 0.3) is 6.43 Å². The summed E-state index contributed by atoms with van der Waals surface area (Å²) in [5.74, 6) is -1.47. The number of alkyl halides is 6. The maximum absolute atomic E-state index is 12.4. The van der Waals surface area contributed by atoms with Crippen molar-refractivity contribution in [2.45, 2.75) is 18.5 Å². The molecule has 0 aromatic carbocycles. The zero-order valence-electron chi connectivity index (χ0n) is 7.65. The molecule has 0 aliphatic carbocycles. The summed E-state index contributed by atoms with van der Waals surface area (Å²) in [7, 11) is 0. The van der Waals surface area contributed by atoms with Gasteiger partial charge in [-0.2, -0.15) is 13.2 Å². The summed E-state index contributed by atoms with van der Waals surface area (Å²) in [5.41, 5.74) is 2.51. The Labute approximate surface area is 92.2 Å². The third kappa shape index (κ3) is 2.52. The average Bonchev–Trinajstić information content (AvgIpc) is 2.15. The molecule has 8 heteroatoms. The molecule has 90 valence electrons. The summed E-state index contributed by atoms with van der Waals surface area (Å²) in [6.07, 6.45) is -7.75. The van der Waals surface area contributed by atoms with Crippen molar-refractivity contribution in [3.63, 3.8) is 0 Å². The first-order valence-electron chi connectivity index (χ1n) is 3.98. The van der Waals surface area contributed by atoms with E-state index in [-0.39, 0.29) is 5.56 Å². The fraction of sp³-hybridized carbons (Fsp3) is 0.375. The van der Waals surface area contributed by atoms with Gasteiger partial charge in [0.2, 0.25) is 0 Å². The largest absolute Gasteiger partial charge is 0.419 e. The molecule has 16 heavy (non-hydrogen) atoms. The average molecular weight is 261 g/mol. The van der Waals surface area contributed by atoms with Crippen molar-refractivity contribution in [1.82, 2.24) is 4.98 Å². The van der Waals surface area contributed by atoms with Crippen molar-refractivity contribution in [2.24, 2.45) is 0 Å². The predicted molar refractivity (Wildman–Crippen MR) is 48.2 cm³/mol. The zero-order chi connectivity index (χ0) is 12.5. The van der Waals surface area contributed by atoms with Crippen LogP contribution in [0.4, 0.5) is 27.8 Å². The highest BCUT2D eigenvalue weighted by Gasteiger charge is 2.35. The lowest BCUT2D eigenvalue weighted by atomic mass is 10.1. The number of nitrogens with zero attached hydrogens (tertiary/aromatic N) is 1. The molecule has 2 nitrogen and oxygen atoms in total. The van der Waals surface area contributed by atoms with Crippen LogP contribution in [0.15, 0.2) is 6.07 Å². The Bertz CT molecular complexity index is 391. The first-order valence-corrected chi connectivity index (χ1v) is 4.51. The second-order valence-electron chi connectivity index (χ2n) is 2.90. The number of anilines is 1. The Morgan fingerprint density at radius 3 is 2.31 bits per heavy atom. The molecular weight excluding hydrogens is 255 g/mol. The van der Waals surface area contributed by atoms with E-state index in [1.807, 2.05) is 0 Å². The van der Waals surface area contributed by atoms with Gasteiger partial charge in [0.1, 0.15) is 11.5 Å². The van der Waals surface area contributed by atoms with Crippen LogP contribution in [0.1, 0.15) is 23.2 Å². The first kappa shape index (κ1) is 13.0. The molecule has 0 aliphatic rings. The van der Waals surface area contributed by atoms with Gasteiger partial charge in [0.05, 0.1) is 5.56 Å². The molecule has 0 aliphatic heterocycles. The molecule has 2 N–H and O–H groups in total. The lowest BCUT2D eigenvalue weighted by molar-refractivity contribution is -0.137. The highest BCUT2D eigenvalue weighted by Crippen LogP contribution is 2.35. The lowest BCUT2D eigenvalue weighted by Crippen LogP contribution is -2.13. The fourth-order valence-corrected chi connectivity index (χ4v) is 1.32. The van der Waals surface area contributed by atoms with Crippen LogP contribution in [0.25, 0.3) is 0 Å². The number of halogens is 6. The van der Waals surface area contributed by atoms with E-state index >= 15 is 0 Å². The highest BCUT2D eigenvalue weighted by atomic mass is 35.5. The summed E-state index contributed by atoms with van der Waals surface area (Å²) in [5, 5.41) is 0. The van der Waals surface area contributed by atoms with E-state index in [4.69, 9.17) is 17.3 Å². The predicted octanol–water partition coefficient (Wildman–Crippen LogP) is 3.36. The fourth-order valence-electron chi connectivity index (χ4n) is 1.11. The topological polar surface area (TPSA) is 38.9 Å².